The van der Waals surface area contributed by atoms with Crippen LogP contribution in [-0.2, 0) is 6.61 Å². The molecule has 0 radical (unpaired) electrons. The van der Waals surface area contributed by atoms with Gasteiger partial charge in [-0.2, -0.15) is 5.26 Å². The van der Waals surface area contributed by atoms with Gasteiger partial charge in [0.1, 0.15) is 24.2 Å². The number of nitrogens with zero attached hydrogens (tertiary/aromatic N) is 3. The molecule has 0 unspecified atom stereocenters. The van der Waals surface area contributed by atoms with E-state index in [1.54, 1.807) is 42.9 Å². The third-order valence-corrected chi connectivity index (χ3v) is 3.51. The number of benzene rings is 1. The fourth-order valence-electron chi connectivity index (χ4n) is 2.35. The van der Waals surface area contributed by atoms with Crippen molar-refractivity contribution < 1.29 is 14.3 Å². The van der Waals surface area contributed by atoms with E-state index in [1.165, 1.54) is 7.11 Å². The molecule has 114 valence electrons. The first-order valence-electron chi connectivity index (χ1n) is 6.87. The summed E-state index contributed by atoms with van der Waals surface area (Å²) in [6, 6.07) is 8.89. The van der Waals surface area contributed by atoms with E-state index < -0.39 is 0 Å². The molecule has 1 aromatic carbocycles. The number of ether oxygens (including phenoxy) is 2. The van der Waals surface area contributed by atoms with Crippen molar-refractivity contribution in [1.82, 2.24) is 9.38 Å². The number of aldehydes is 1. The molecule has 0 fully saturated rings. The summed E-state index contributed by atoms with van der Waals surface area (Å²) in [6.45, 7) is 0.161. The van der Waals surface area contributed by atoms with E-state index in [0.29, 0.717) is 34.6 Å². The molecule has 0 amide bonds. The number of aromatic nitrogens is 2. The van der Waals surface area contributed by atoms with Crippen LogP contribution in [0.25, 0.3) is 5.52 Å². The average Bonchev–Trinajstić information content (AvgIpc) is 2.97. The van der Waals surface area contributed by atoms with Crippen LogP contribution in [0.1, 0.15) is 21.6 Å². The molecule has 0 bridgehead atoms. The van der Waals surface area contributed by atoms with Gasteiger partial charge in [0, 0.05) is 12.4 Å². The van der Waals surface area contributed by atoms with Gasteiger partial charge in [0.2, 0.25) is 0 Å². The Morgan fingerprint density at radius 3 is 3.00 bits per heavy atom. The molecular weight excluding hydrogens is 294 g/mol. The van der Waals surface area contributed by atoms with Crippen LogP contribution in [0, 0.1) is 11.3 Å². The lowest BCUT2D eigenvalue weighted by Crippen LogP contribution is -2.03. The topological polar surface area (TPSA) is 76.6 Å². The lowest BCUT2D eigenvalue weighted by Gasteiger charge is -2.10. The molecule has 0 aliphatic heterocycles. The molecule has 0 aliphatic rings. The summed E-state index contributed by atoms with van der Waals surface area (Å²) in [5.41, 5.74) is 2.43. The minimum atomic E-state index is 0.161. The van der Waals surface area contributed by atoms with Crippen molar-refractivity contribution in [3.8, 4) is 17.6 Å². The third-order valence-electron chi connectivity index (χ3n) is 3.51. The summed E-state index contributed by atoms with van der Waals surface area (Å²) in [7, 11) is 1.53. The van der Waals surface area contributed by atoms with Crippen LogP contribution in [-0.4, -0.2) is 22.8 Å². The summed E-state index contributed by atoms with van der Waals surface area (Å²) < 4.78 is 12.7. The molecule has 6 nitrogen and oxygen atoms in total. The highest BCUT2D eigenvalue weighted by atomic mass is 16.5. The van der Waals surface area contributed by atoms with Gasteiger partial charge in [-0.3, -0.25) is 9.78 Å². The quantitative estimate of drug-likeness (QED) is 0.677. The maximum atomic E-state index is 11.2. The molecule has 2 aromatic heterocycles. The van der Waals surface area contributed by atoms with Crippen LogP contribution in [0.4, 0.5) is 0 Å². The lowest BCUT2D eigenvalue weighted by molar-refractivity contribution is 0.111. The first-order chi connectivity index (χ1) is 11.3. The zero-order valence-corrected chi connectivity index (χ0v) is 12.4. The number of fused-ring (bicyclic) bond motifs is 1. The van der Waals surface area contributed by atoms with Crippen LogP contribution in [0.3, 0.4) is 0 Å². The summed E-state index contributed by atoms with van der Waals surface area (Å²) in [5, 5.41) is 9.27. The van der Waals surface area contributed by atoms with Crippen LogP contribution < -0.4 is 9.47 Å². The second kappa shape index (κ2) is 6.20. The van der Waals surface area contributed by atoms with Gasteiger partial charge in [-0.25, -0.2) is 0 Å². The molecule has 0 saturated carbocycles. The van der Waals surface area contributed by atoms with Crippen LogP contribution in [0.2, 0.25) is 0 Å². The molecule has 6 heteroatoms. The second-order valence-electron chi connectivity index (χ2n) is 4.80. The number of carbonyl (C=O) groups is 1. The van der Waals surface area contributed by atoms with E-state index in [0.717, 1.165) is 5.52 Å². The molecule has 2 heterocycles. The Balaban J connectivity index is 1.92. The van der Waals surface area contributed by atoms with Crippen molar-refractivity contribution >= 4 is 11.8 Å². The first-order valence-corrected chi connectivity index (χ1v) is 6.87. The molecule has 23 heavy (non-hydrogen) atoms. The largest absolute Gasteiger partial charge is 0.497 e. The Hall–Kier alpha value is -3.33. The van der Waals surface area contributed by atoms with Crippen molar-refractivity contribution in [2.45, 2.75) is 6.61 Å². The molecule has 0 saturated heterocycles. The number of hydrogen-bond donors (Lipinski definition) is 0. The summed E-state index contributed by atoms with van der Waals surface area (Å²) in [4.78, 5) is 15.2. The highest BCUT2D eigenvalue weighted by Crippen LogP contribution is 2.24. The lowest BCUT2D eigenvalue weighted by atomic mass is 10.2. The van der Waals surface area contributed by atoms with Crippen molar-refractivity contribution in [1.29, 1.82) is 5.26 Å². The smallest absolute Gasteiger partial charge is 0.153 e. The molecule has 0 N–H and O–H groups in total. The van der Waals surface area contributed by atoms with Gasteiger partial charge in [0.05, 0.1) is 35.6 Å². The molecule has 3 rings (SSSR count). The van der Waals surface area contributed by atoms with Crippen molar-refractivity contribution in [2.75, 3.05) is 7.11 Å². The molecule has 0 spiro atoms. The first kappa shape index (κ1) is 14.6. The monoisotopic (exact) mass is 307 g/mol. The number of carbonyl (C=O) groups excluding carboxylic acids is 1. The van der Waals surface area contributed by atoms with Crippen molar-refractivity contribution in [3.05, 3.63) is 59.7 Å². The molecule has 0 aliphatic carbocycles. The summed E-state index contributed by atoms with van der Waals surface area (Å²) in [5.74, 6) is 1.02. The van der Waals surface area contributed by atoms with Crippen molar-refractivity contribution in [2.24, 2.45) is 0 Å². The zero-order valence-electron chi connectivity index (χ0n) is 12.4. The SMILES string of the molecule is COc1ccc(OCc2c(C#N)cc3cnccn23)c(C=O)c1. The average molecular weight is 307 g/mol. The summed E-state index contributed by atoms with van der Waals surface area (Å²) in [6.07, 6.45) is 5.79. The second-order valence-corrected chi connectivity index (χ2v) is 4.80. The van der Waals surface area contributed by atoms with Gasteiger partial charge < -0.3 is 13.9 Å². The van der Waals surface area contributed by atoms with Gasteiger partial charge >= 0.3 is 0 Å². The van der Waals surface area contributed by atoms with Gasteiger partial charge in [-0.05, 0) is 24.3 Å². The number of rotatable bonds is 5. The van der Waals surface area contributed by atoms with E-state index in [2.05, 4.69) is 11.1 Å². The van der Waals surface area contributed by atoms with E-state index in [9.17, 15) is 10.1 Å². The predicted octanol–water partition coefficient (Wildman–Crippen LogP) is 2.61. The highest BCUT2D eigenvalue weighted by molar-refractivity contribution is 5.80. The highest BCUT2D eigenvalue weighted by Gasteiger charge is 2.12. The van der Waals surface area contributed by atoms with E-state index in [-0.39, 0.29) is 6.61 Å². The Bertz CT molecular complexity index is 909. The van der Waals surface area contributed by atoms with Crippen molar-refractivity contribution in [3.63, 3.8) is 0 Å². The van der Waals surface area contributed by atoms with Crippen LogP contribution in [0.5, 0.6) is 11.5 Å². The Morgan fingerprint density at radius 2 is 2.26 bits per heavy atom. The molecular formula is C17H13N3O3. The third kappa shape index (κ3) is 2.72. The fraction of sp³-hybridized carbons (Fsp3) is 0.118. The number of methoxy groups -OCH3 is 1. The fourth-order valence-corrected chi connectivity index (χ4v) is 2.35. The minimum absolute atomic E-state index is 0.161. The number of hydrogen-bond acceptors (Lipinski definition) is 5. The van der Waals surface area contributed by atoms with Crippen LogP contribution in [0.15, 0.2) is 42.9 Å². The van der Waals surface area contributed by atoms with Gasteiger partial charge in [0.25, 0.3) is 0 Å². The normalized spacial score (nSPS) is 10.3. The molecule has 3 aromatic rings. The summed E-state index contributed by atoms with van der Waals surface area (Å²) >= 11 is 0. The zero-order chi connectivity index (χ0) is 16.2. The van der Waals surface area contributed by atoms with E-state index >= 15 is 0 Å². The predicted molar refractivity (Wildman–Crippen MR) is 82.6 cm³/mol. The number of nitriles is 1. The van der Waals surface area contributed by atoms with Gasteiger partial charge in [-0.1, -0.05) is 0 Å². The standard InChI is InChI=1S/C17H13N3O3/c1-22-15-2-3-17(13(7-15)10-21)23-11-16-12(8-18)6-14-9-19-4-5-20(14)16/h2-7,9-10H,11H2,1H3. The molecule has 0 atom stereocenters. The van der Waals surface area contributed by atoms with E-state index in [4.69, 9.17) is 9.47 Å². The Kier molecular flexibility index (Phi) is 3.93. The Labute approximate surface area is 132 Å². The maximum absolute atomic E-state index is 11.2. The van der Waals surface area contributed by atoms with Gasteiger partial charge in [-0.15, -0.1) is 0 Å². The maximum Gasteiger partial charge on any atom is 0.153 e. The Morgan fingerprint density at radius 1 is 1.39 bits per heavy atom. The van der Waals surface area contributed by atoms with E-state index in [1.807, 2.05) is 4.40 Å². The van der Waals surface area contributed by atoms with Crippen LogP contribution >= 0.6 is 0 Å². The minimum Gasteiger partial charge on any atom is -0.497 e. The van der Waals surface area contributed by atoms with Gasteiger partial charge in [0.15, 0.2) is 6.29 Å².